The Labute approximate surface area is 195 Å². The minimum absolute atomic E-state index is 0.103. The Hall–Kier alpha value is -3.35. The molecular weight excluding hydrogens is 449 g/mol. The number of nitrogens with zero attached hydrogens (tertiary/aromatic N) is 3. The van der Waals surface area contributed by atoms with Crippen LogP contribution in [0.2, 0.25) is 10.0 Å². The Bertz CT molecular complexity index is 1300. The number of hydrogen-bond acceptors (Lipinski definition) is 3. The molecule has 0 bridgehead atoms. The number of benzene rings is 2. The molecule has 0 atom stereocenters. The summed E-state index contributed by atoms with van der Waals surface area (Å²) in [4.78, 5) is 40.7. The number of hydrogen-bond donors (Lipinski definition) is 0. The van der Waals surface area contributed by atoms with Gasteiger partial charge in [0, 0.05) is 23.5 Å². The van der Waals surface area contributed by atoms with Crippen molar-refractivity contribution in [3.05, 3.63) is 87.2 Å². The number of rotatable bonds is 3. The maximum absolute atomic E-state index is 13.2. The van der Waals surface area contributed by atoms with Crippen LogP contribution in [0.4, 0.5) is 10.5 Å². The van der Waals surface area contributed by atoms with Crippen LogP contribution in [-0.4, -0.2) is 34.4 Å². The van der Waals surface area contributed by atoms with Crippen molar-refractivity contribution in [1.29, 1.82) is 0 Å². The molecule has 6 nitrogen and oxygen atoms in total. The molecule has 1 aromatic heterocycles. The molecule has 162 valence electrons. The van der Waals surface area contributed by atoms with Crippen LogP contribution in [0.5, 0.6) is 0 Å². The van der Waals surface area contributed by atoms with Gasteiger partial charge in [0.2, 0.25) is 0 Å². The van der Waals surface area contributed by atoms with E-state index < -0.39 is 17.8 Å². The summed E-state index contributed by atoms with van der Waals surface area (Å²) in [6, 6.07) is 14.8. The third kappa shape index (κ3) is 3.61. The van der Waals surface area contributed by atoms with Gasteiger partial charge in [-0.05, 0) is 61.9 Å². The van der Waals surface area contributed by atoms with Gasteiger partial charge in [-0.2, -0.15) is 0 Å². The minimum atomic E-state index is -0.695. The minimum Gasteiger partial charge on any atom is -0.316 e. The van der Waals surface area contributed by atoms with Gasteiger partial charge in [-0.1, -0.05) is 41.4 Å². The smallest absolute Gasteiger partial charge is 0.316 e. The number of aromatic nitrogens is 1. The SMILES string of the molecule is Cc1cc(/C=C2\C(=O)N(C)C(=O)N(c3ccccc3)C2=O)c(C)n1-c1cc(Cl)ccc1Cl. The molecular formula is C24H19Cl2N3O3. The average Bonchev–Trinajstić information content (AvgIpc) is 3.05. The van der Waals surface area contributed by atoms with Gasteiger partial charge < -0.3 is 4.57 Å². The third-order valence-electron chi connectivity index (χ3n) is 5.38. The number of amides is 4. The summed E-state index contributed by atoms with van der Waals surface area (Å²) in [6.07, 6.45) is 1.51. The Morgan fingerprint density at radius 1 is 0.875 bits per heavy atom. The second kappa shape index (κ2) is 8.30. The van der Waals surface area contributed by atoms with Gasteiger partial charge in [0.05, 0.1) is 16.4 Å². The van der Waals surface area contributed by atoms with E-state index >= 15 is 0 Å². The molecule has 0 aliphatic carbocycles. The fraction of sp³-hybridized carbons (Fsp3) is 0.125. The Morgan fingerprint density at radius 3 is 2.25 bits per heavy atom. The van der Waals surface area contributed by atoms with E-state index in [1.807, 2.05) is 24.5 Å². The van der Waals surface area contributed by atoms with Crippen LogP contribution in [-0.2, 0) is 9.59 Å². The summed E-state index contributed by atoms with van der Waals surface area (Å²) in [5.74, 6) is -1.33. The van der Waals surface area contributed by atoms with Gasteiger partial charge in [0.25, 0.3) is 11.8 Å². The van der Waals surface area contributed by atoms with Crippen molar-refractivity contribution >= 4 is 52.8 Å². The highest BCUT2D eigenvalue weighted by molar-refractivity contribution is 6.39. The fourth-order valence-electron chi connectivity index (χ4n) is 3.76. The van der Waals surface area contributed by atoms with Gasteiger partial charge in [0.15, 0.2) is 0 Å². The van der Waals surface area contributed by atoms with Crippen molar-refractivity contribution in [2.75, 3.05) is 11.9 Å². The van der Waals surface area contributed by atoms with Crippen LogP contribution in [0.3, 0.4) is 0 Å². The van der Waals surface area contributed by atoms with E-state index in [9.17, 15) is 14.4 Å². The standard InChI is InChI=1S/C24H19Cl2N3O3/c1-14-11-16(15(2)28(14)21-13-17(25)9-10-20(21)26)12-19-22(30)27(3)24(32)29(23(19)31)18-7-5-4-6-8-18/h4-13H,1-3H3/b19-12+. The number of anilines is 1. The molecule has 0 spiro atoms. The largest absolute Gasteiger partial charge is 0.338 e. The van der Waals surface area contributed by atoms with Crippen molar-refractivity contribution in [3.63, 3.8) is 0 Å². The van der Waals surface area contributed by atoms with Gasteiger partial charge >= 0.3 is 6.03 Å². The first-order valence-electron chi connectivity index (χ1n) is 9.78. The molecule has 4 amide bonds. The molecule has 8 heteroatoms. The first-order valence-corrected chi connectivity index (χ1v) is 10.5. The molecule has 0 saturated carbocycles. The molecule has 2 heterocycles. The number of halogens is 2. The van der Waals surface area contributed by atoms with Crippen LogP contribution in [0.25, 0.3) is 11.8 Å². The van der Waals surface area contributed by atoms with Gasteiger partial charge in [0.1, 0.15) is 5.57 Å². The summed E-state index contributed by atoms with van der Waals surface area (Å²) in [6.45, 7) is 3.75. The van der Waals surface area contributed by atoms with Crippen LogP contribution in [0.1, 0.15) is 17.0 Å². The predicted molar refractivity (Wildman–Crippen MR) is 125 cm³/mol. The number of likely N-dealkylation sites (N-methyl/N-ethyl adjacent to an activating group) is 1. The Balaban J connectivity index is 1.83. The maximum atomic E-state index is 13.2. The molecule has 0 radical (unpaired) electrons. The first kappa shape index (κ1) is 21.9. The monoisotopic (exact) mass is 467 g/mol. The lowest BCUT2D eigenvalue weighted by atomic mass is 10.1. The van der Waals surface area contributed by atoms with Gasteiger partial charge in [-0.25, -0.2) is 9.69 Å². The number of aryl methyl sites for hydroxylation is 1. The lowest BCUT2D eigenvalue weighted by Gasteiger charge is -2.31. The van der Waals surface area contributed by atoms with E-state index in [0.29, 0.717) is 27.0 Å². The normalized spacial score (nSPS) is 15.8. The molecule has 1 fully saturated rings. The molecule has 4 rings (SSSR count). The number of imide groups is 2. The van der Waals surface area contributed by atoms with E-state index in [0.717, 1.165) is 21.2 Å². The van der Waals surface area contributed by atoms with Gasteiger partial charge in [-0.3, -0.25) is 14.5 Å². The van der Waals surface area contributed by atoms with Crippen LogP contribution in [0.15, 0.2) is 60.2 Å². The number of barbiturate groups is 1. The van der Waals surface area contributed by atoms with Crippen LogP contribution in [0, 0.1) is 13.8 Å². The summed E-state index contributed by atoms with van der Waals surface area (Å²) in [5.41, 5.74) is 3.26. The van der Waals surface area contributed by atoms with Crippen molar-refractivity contribution in [2.24, 2.45) is 0 Å². The van der Waals surface area contributed by atoms with Crippen LogP contribution < -0.4 is 4.90 Å². The molecule has 1 saturated heterocycles. The van der Waals surface area contributed by atoms with E-state index in [-0.39, 0.29) is 5.57 Å². The summed E-state index contributed by atoms with van der Waals surface area (Å²) < 4.78 is 1.90. The average molecular weight is 468 g/mol. The summed E-state index contributed by atoms with van der Waals surface area (Å²) >= 11 is 12.6. The lowest BCUT2D eigenvalue weighted by molar-refractivity contribution is -0.128. The summed E-state index contributed by atoms with van der Waals surface area (Å²) in [5, 5.41) is 1.05. The topological polar surface area (TPSA) is 62.6 Å². The van der Waals surface area contributed by atoms with Gasteiger partial charge in [-0.15, -0.1) is 0 Å². The fourth-order valence-corrected chi connectivity index (χ4v) is 4.13. The highest BCUT2D eigenvalue weighted by atomic mass is 35.5. The number of carbonyl (C=O) groups is 3. The molecule has 0 N–H and O–H groups in total. The first-order chi connectivity index (χ1) is 15.2. The Kier molecular flexibility index (Phi) is 5.67. The zero-order valence-corrected chi connectivity index (χ0v) is 19.1. The van der Waals surface area contributed by atoms with E-state index in [4.69, 9.17) is 23.2 Å². The zero-order valence-electron chi connectivity index (χ0n) is 17.6. The number of urea groups is 1. The molecule has 1 aliphatic heterocycles. The van der Waals surface area contributed by atoms with E-state index in [2.05, 4.69) is 0 Å². The third-order valence-corrected chi connectivity index (χ3v) is 5.94. The molecule has 32 heavy (non-hydrogen) atoms. The summed E-state index contributed by atoms with van der Waals surface area (Å²) in [7, 11) is 1.36. The van der Waals surface area contributed by atoms with Crippen molar-refractivity contribution in [2.45, 2.75) is 13.8 Å². The molecule has 1 aliphatic rings. The molecule has 2 aromatic carbocycles. The zero-order chi connectivity index (χ0) is 23.2. The van der Waals surface area contributed by atoms with Crippen molar-refractivity contribution in [3.8, 4) is 5.69 Å². The number of carbonyl (C=O) groups excluding carboxylic acids is 3. The predicted octanol–water partition coefficient (Wildman–Crippen LogP) is 5.41. The second-order valence-electron chi connectivity index (χ2n) is 7.44. The highest BCUT2D eigenvalue weighted by Gasteiger charge is 2.41. The van der Waals surface area contributed by atoms with E-state index in [1.165, 1.54) is 13.1 Å². The quantitative estimate of drug-likeness (QED) is 0.382. The van der Waals surface area contributed by atoms with E-state index in [1.54, 1.807) is 48.5 Å². The number of para-hydroxylation sites is 1. The van der Waals surface area contributed by atoms with Crippen LogP contribution >= 0.6 is 23.2 Å². The Morgan fingerprint density at radius 2 is 1.56 bits per heavy atom. The maximum Gasteiger partial charge on any atom is 0.338 e. The molecule has 0 unspecified atom stereocenters. The molecule has 3 aromatic rings. The lowest BCUT2D eigenvalue weighted by Crippen LogP contribution is -2.55. The highest BCUT2D eigenvalue weighted by Crippen LogP contribution is 2.31. The second-order valence-corrected chi connectivity index (χ2v) is 8.28. The van der Waals surface area contributed by atoms with Crippen molar-refractivity contribution in [1.82, 2.24) is 9.47 Å². The van der Waals surface area contributed by atoms with Crippen molar-refractivity contribution < 1.29 is 14.4 Å².